The minimum atomic E-state index is -4.00. The summed E-state index contributed by atoms with van der Waals surface area (Å²) in [5, 5.41) is 7.92. The Hall–Kier alpha value is -4.29. The van der Waals surface area contributed by atoms with Crippen LogP contribution in [0.5, 0.6) is 0 Å². The Morgan fingerprint density at radius 2 is 1.67 bits per heavy atom. The number of Topliss-reactive ketones (excluding diaryl/α,β-unsaturated/α-hetero) is 2. The van der Waals surface area contributed by atoms with E-state index in [4.69, 9.17) is 23.0 Å². The van der Waals surface area contributed by atoms with E-state index in [0.717, 1.165) is 6.42 Å². The Labute approximate surface area is 325 Å². The second-order valence-corrected chi connectivity index (χ2v) is 15.5. The molecule has 6 rings (SSSR count). The van der Waals surface area contributed by atoms with Gasteiger partial charge in [0.2, 0.25) is 11.8 Å². The Morgan fingerprint density at radius 1 is 0.945 bits per heavy atom. The number of carbonyl (C=O) groups excluding carboxylic acids is 4. The van der Waals surface area contributed by atoms with Crippen LogP contribution in [-0.4, -0.2) is 112 Å². The largest absolute Gasteiger partial charge is 0.475 e. The lowest BCUT2D eigenvalue weighted by molar-refractivity contribution is -0.138. The number of halogens is 1. The molecule has 3 atom stereocenters. The number of phosphoric ester groups is 1. The van der Waals surface area contributed by atoms with E-state index in [2.05, 4.69) is 41.3 Å². The summed E-state index contributed by atoms with van der Waals surface area (Å²) in [4.78, 5) is 67.1. The van der Waals surface area contributed by atoms with Crippen molar-refractivity contribution in [3.63, 3.8) is 0 Å². The topological polar surface area (TPSA) is 203 Å². The van der Waals surface area contributed by atoms with Crippen molar-refractivity contribution in [2.45, 2.75) is 51.2 Å². The zero-order valence-corrected chi connectivity index (χ0v) is 33.0. The molecule has 0 spiro atoms. The SMILES string of the molecule is COCCOP(=O)(OCCOC)OCC(=O)CCc1ncc(-c2ccc3c(c2)c(C(C)=O)nn3CC(=O)N2[C@@H]3C[C@@H]3C[C@H]2C(=O)Nc2cccc(Br)n2)cn1. The smallest absolute Gasteiger partial charge is 0.382 e. The van der Waals surface area contributed by atoms with Crippen LogP contribution in [0.3, 0.4) is 0 Å². The molecule has 19 heteroatoms. The number of aryl methyl sites for hydroxylation is 1. The van der Waals surface area contributed by atoms with Gasteiger partial charge in [0.15, 0.2) is 11.6 Å². The van der Waals surface area contributed by atoms with Gasteiger partial charge in [0.1, 0.15) is 41.1 Å². The molecule has 2 aliphatic rings. The number of hydrogen-bond donors (Lipinski definition) is 1. The predicted octanol–water partition coefficient (Wildman–Crippen LogP) is 4.43. The van der Waals surface area contributed by atoms with Gasteiger partial charge in [-0.25, -0.2) is 19.5 Å². The Bertz CT molecular complexity index is 2080. The van der Waals surface area contributed by atoms with E-state index in [1.807, 2.05) is 6.07 Å². The normalized spacial score (nSPS) is 17.7. The van der Waals surface area contributed by atoms with Gasteiger partial charge in [0.25, 0.3) is 0 Å². The molecule has 1 saturated heterocycles. The first kappa shape index (κ1) is 40.4. The van der Waals surface area contributed by atoms with Crippen molar-refractivity contribution in [2.24, 2.45) is 5.92 Å². The van der Waals surface area contributed by atoms with Crippen LogP contribution in [-0.2, 0) is 55.0 Å². The number of ether oxygens (including phenoxy) is 2. The first-order chi connectivity index (χ1) is 26.5. The van der Waals surface area contributed by atoms with Gasteiger partial charge in [-0.05, 0) is 64.5 Å². The summed E-state index contributed by atoms with van der Waals surface area (Å²) in [6, 6.07) is 9.97. The fourth-order valence-corrected chi connectivity index (χ4v) is 7.84. The van der Waals surface area contributed by atoms with E-state index >= 15 is 0 Å². The van der Waals surface area contributed by atoms with E-state index in [0.29, 0.717) is 44.7 Å². The summed E-state index contributed by atoms with van der Waals surface area (Å²) >= 11 is 3.31. The number of likely N-dealkylation sites (tertiary alicyclic amines) is 1. The number of ketones is 2. The zero-order valence-electron chi connectivity index (χ0n) is 30.5. The Balaban J connectivity index is 1.09. The fourth-order valence-electron chi connectivity index (χ4n) is 6.37. The molecule has 1 aromatic carbocycles. The molecule has 1 saturated carbocycles. The lowest BCUT2D eigenvalue weighted by atomic mass is 10.0. The molecule has 0 radical (unpaired) electrons. The molecule has 55 heavy (non-hydrogen) atoms. The van der Waals surface area contributed by atoms with Gasteiger partial charge < -0.3 is 19.7 Å². The van der Waals surface area contributed by atoms with Crippen molar-refractivity contribution in [1.82, 2.24) is 29.6 Å². The number of nitrogens with one attached hydrogen (secondary N) is 1. The predicted molar refractivity (Wildman–Crippen MR) is 201 cm³/mol. The van der Waals surface area contributed by atoms with Crippen LogP contribution >= 0.6 is 23.8 Å². The van der Waals surface area contributed by atoms with Crippen molar-refractivity contribution in [1.29, 1.82) is 0 Å². The highest BCUT2D eigenvalue weighted by Gasteiger charge is 2.56. The van der Waals surface area contributed by atoms with Gasteiger partial charge in [-0.2, -0.15) is 5.10 Å². The van der Waals surface area contributed by atoms with E-state index in [-0.39, 0.29) is 86.8 Å². The van der Waals surface area contributed by atoms with Crippen LogP contribution in [0.15, 0.2) is 53.4 Å². The highest BCUT2D eigenvalue weighted by Crippen LogP contribution is 2.49. The molecule has 1 N–H and O–H groups in total. The second kappa shape index (κ2) is 18.1. The molecule has 0 unspecified atom stereocenters. The first-order valence-electron chi connectivity index (χ1n) is 17.6. The molecule has 2 fully saturated rings. The lowest BCUT2D eigenvalue weighted by Gasteiger charge is -2.26. The molecule has 17 nitrogen and oxygen atoms in total. The van der Waals surface area contributed by atoms with Gasteiger partial charge in [-0.15, -0.1) is 0 Å². The number of carbonyl (C=O) groups is 4. The Morgan fingerprint density at radius 3 is 2.35 bits per heavy atom. The number of aromatic nitrogens is 5. The molecular formula is C36H41BrN7O10P. The molecule has 4 heterocycles. The highest BCUT2D eigenvalue weighted by molar-refractivity contribution is 9.10. The van der Waals surface area contributed by atoms with Crippen LogP contribution in [0.25, 0.3) is 22.0 Å². The molecule has 4 aromatic rings. The molecule has 0 bridgehead atoms. The van der Waals surface area contributed by atoms with E-state index in [1.165, 1.54) is 25.8 Å². The van der Waals surface area contributed by atoms with Gasteiger partial charge in [0.05, 0.1) is 31.9 Å². The van der Waals surface area contributed by atoms with Crippen LogP contribution in [0.1, 0.15) is 42.5 Å². The van der Waals surface area contributed by atoms with Crippen molar-refractivity contribution < 1.29 is 46.8 Å². The van der Waals surface area contributed by atoms with E-state index < -0.39 is 20.5 Å². The summed E-state index contributed by atoms with van der Waals surface area (Å²) in [5.74, 6) is -0.108. The number of pyridine rings is 1. The summed E-state index contributed by atoms with van der Waals surface area (Å²) in [6.45, 7) is 1.00. The third kappa shape index (κ3) is 10.1. The molecule has 1 aliphatic carbocycles. The van der Waals surface area contributed by atoms with Gasteiger partial charge in [-0.1, -0.05) is 12.1 Å². The number of hydrogen-bond acceptors (Lipinski definition) is 14. The van der Waals surface area contributed by atoms with Crippen molar-refractivity contribution in [3.8, 4) is 11.1 Å². The number of fused-ring (bicyclic) bond motifs is 2. The first-order valence-corrected chi connectivity index (χ1v) is 19.8. The molecule has 1 aliphatic heterocycles. The third-order valence-corrected chi connectivity index (χ3v) is 11.0. The van der Waals surface area contributed by atoms with Crippen LogP contribution in [0.2, 0.25) is 0 Å². The van der Waals surface area contributed by atoms with Crippen molar-refractivity contribution >= 4 is 63.9 Å². The standard InChI is InChI=1S/C36H41BrN7O10P/c1-22(45)35-27-15-23(25-18-38-32(39-19-25)10-8-26(46)21-54-55(49,52-13-11-50-2)53-14-12-51-3)7-9-28(27)43(42-35)20-34(47)44-29-16-24(29)17-30(44)36(48)41-33-6-4-5-31(37)40-33/h4-7,9,15,18-19,24,29-30H,8,10-14,16-17,20-21H2,1-3H3,(H,40,41,48)/t24-,29-,30+/m1/s1. The maximum Gasteiger partial charge on any atom is 0.475 e. The molecule has 292 valence electrons. The molecular weight excluding hydrogens is 801 g/mol. The van der Waals surface area contributed by atoms with Crippen molar-refractivity contribution in [3.05, 3.63) is 64.9 Å². The van der Waals surface area contributed by atoms with Gasteiger partial charge in [0, 0.05) is 63.4 Å². The molecule has 3 aromatic heterocycles. The number of anilines is 1. The zero-order chi connectivity index (χ0) is 39.1. The number of phosphoric acid groups is 1. The van der Waals surface area contributed by atoms with E-state index in [9.17, 15) is 23.7 Å². The fraction of sp³-hybridized carbons (Fsp3) is 0.444. The quantitative estimate of drug-likeness (QED) is 0.0566. The number of rotatable bonds is 20. The summed E-state index contributed by atoms with van der Waals surface area (Å²) in [5.41, 5.74) is 2.17. The van der Waals surface area contributed by atoms with Crippen molar-refractivity contribution in [2.75, 3.05) is 52.6 Å². The summed E-state index contributed by atoms with van der Waals surface area (Å²) < 4.78 is 40.4. The number of methoxy groups -OCH3 is 2. The summed E-state index contributed by atoms with van der Waals surface area (Å²) in [7, 11) is -1.08. The van der Waals surface area contributed by atoms with E-state index in [1.54, 1.807) is 47.6 Å². The van der Waals surface area contributed by atoms with Gasteiger partial charge >= 0.3 is 7.82 Å². The maximum absolute atomic E-state index is 13.8. The monoisotopic (exact) mass is 841 g/mol. The number of piperidine rings is 1. The second-order valence-electron chi connectivity index (χ2n) is 13.0. The third-order valence-electron chi connectivity index (χ3n) is 9.15. The highest BCUT2D eigenvalue weighted by atomic mass is 79.9. The van der Waals surface area contributed by atoms with Crippen LogP contribution < -0.4 is 5.32 Å². The lowest BCUT2D eigenvalue weighted by Crippen LogP contribution is -2.46. The molecule has 2 amide bonds. The minimum absolute atomic E-state index is 0.0100. The van der Waals surface area contributed by atoms with Gasteiger partial charge in [-0.3, -0.25) is 37.4 Å². The average Bonchev–Trinajstić information content (AvgIpc) is 3.67. The Kier molecular flexibility index (Phi) is 13.3. The average molecular weight is 843 g/mol. The van der Waals surface area contributed by atoms with Crippen LogP contribution in [0.4, 0.5) is 5.82 Å². The number of amides is 2. The summed E-state index contributed by atoms with van der Waals surface area (Å²) in [6.07, 6.45) is 4.87. The maximum atomic E-state index is 13.8. The van der Waals surface area contributed by atoms with Crippen LogP contribution in [0, 0.1) is 5.92 Å². The number of benzene rings is 1. The number of nitrogens with zero attached hydrogens (tertiary/aromatic N) is 6. The minimum Gasteiger partial charge on any atom is -0.382 e.